The number of hydrogen-bond donors (Lipinski definition) is 0. The Labute approximate surface area is 196 Å². The van der Waals surface area contributed by atoms with E-state index in [2.05, 4.69) is 51.9 Å². The van der Waals surface area contributed by atoms with Gasteiger partial charge in [0.1, 0.15) is 5.82 Å². The summed E-state index contributed by atoms with van der Waals surface area (Å²) in [5.74, 6) is 1.70. The fraction of sp³-hybridized carbons (Fsp3) is 0.778. The molecule has 0 unspecified atom stereocenters. The standard InChI is InChI=1S/C27H47N5/c1-4-7-10-13-15-24(16-14-11-8-5-2)22-32-23-26(30-31-32)19-18-25-20-28-27(29-21-25)17-12-9-6-3/h20-21,23-24H,4-19,22H2,1-3H3. The number of aryl methyl sites for hydroxylation is 3. The predicted molar refractivity (Wildman–Crippen MR) is 134 cm³/mol. The Morgan fingerprint density at radius 2 is 1.34 bits per heavy atom. The maximum Gasteiger partial charge on any atom is 0.128 e. The second-order valence-electron chi connectivity index (χ2n) is 9.46. The van der Waals surface area contributed by atoms with Crippen LogP contribution in [0.25, 0.3) is 0 Å². The first-order chi connectivity index (χ1) is 15.7. The molecular weight excluding hydrogens is 394 g/mol. The summed E-state index contributed by atoms with van der Waals surface area (Å²) in [5, 5.41) is 8.89. The zero-order chi connectivity index (χ0) is 22.9. The highest BCUT2D eigenvalue weighted by Crippen LogP contribution is 2.20. The van der Waals surface area contributed by atoms with Crippen LogP contribution in [0.3, 0.4) is 0 Å². The van der Waals surface area contributed by atoms with E-state index in [1.165, 1.54) is 89.0 Å². The molecule has 0 saturated carbocycles. The molecule has 180 valence electrons. The van der Waals surface area contributed by atoms with Crippen LogP contribution < -0.4 is 0 Å². The molecule has 0 aliphatic rings. The van der Waals surface area contributed by atoms with Gasteiger partial charge in [-0.1, -0.05) is 90.2 Å². The van der Waals surface area contributed by atoms with Crippen molar-refractivity contribution in [2.75, 3.05) is 0 Å². The van der Waals surface area contributed by atoms with Crippen LogP contribution in [-0.4, -0.2) is 25.0 Å². The minimum atomic E-state index is 0.729. The van der Waals surface area contributed by atoms with E-state index in [9.17, 15) is 0 Å². The van der Waals surface area contributed by atoms with Crippen molar-refractivity contribution < 1.29 is 0 Å². The van der Waals surface area contributed by atoms with Gasteiger partial charge in [0, 0.05) is 31.6 Å². The van der Waals surface area contributed by atoms with E-state index in [1.54, 1.807) is 0 Å². The molecule has 2 heterocycles. The lowest BCUT2D eigenvalue weighted by molar-refractivity contribution is 0.341. The fourth-order valence-corrected chi connectivity index (χ4v) is 4.30. The number of rotatable bonds is 19. The lowest BCUT2D eigenvalue weighted by Crippen LogP contribution is -2.12. The lowest BCUT2D eigenvalue weighted by atomic mass is 9.94. The lowest BCUT2D eigenvalue weighted by Gasteiger charge is -2.16. The first-order valence-corrected chi connectivity index (χ1v) is 13.4. The summed E-state index contributed by atoms with van der Waals surface area (Å²) in [4.78, 5) is 9.08. The normalized spacial score (nSPS) is 11.5. The molecule has 0 N–H and O–H groups in total. The van der Waals surface area contributed by atoms with Crippen LogP contribution in [0, 0.1) is 5.92 Å². The number of nitrogens with zero attached hydrogens (tertiary/aromatic N) is 5. The molecule has 0 fully saturated rings. The minimum Gasteiger partial charge on any atom is -0.252 e. The van der Waals surface area contributed by atoms with Crippen molar-refractivity contribution in [2.24, 2.45) is 5.92 Å². The van der Waals surface area contributed by atoms with Gasteiger partial charge in [0.2, 0.25) is 0 Å². The molecule has 0 atom stereocenters. The van der Waals surface area contributed by atoms with E-state index in [1.807, 2.05) is 12.4 Å². The second kappa shape index (κ2) is 16.8. The molecule has 2 aromatic rings. The highest BCUT2D eigenvalue weighted by molar-refractivity contribution is 5.08. The summed E-state index contributed by atoms with van der Waals surface area (Å²) in [5.41, 5.74) is 2.26. The maximum absolute atomic E-state index is 4.54. The highest BCUT2D eigenvalue weighted by atomic mass is 15.4. The van der Waals surface area contributed by atoms with Crippen LogP contribution in [0.4, 0.5) is 0 Å². The maximum atomic E-state index is 4.54. The van der Waals surface area contributed by atoms with Crippen molar-refractivity contribution in [3.8, 4) is 0 Å². The molecule has 0 bridgehead atoms. The van der Waals surface area contributed by atoms with Crippen LogP contribution >= 0.6 is 0 Å². The van der Waals surface area contributed by atoms with Crippen molar-refractivity contribution in [3.63, 3.8) is 0 Å². The first-order valence-electron chi connectivity index (χ1n) is 13.4. The quantitative estimate of drug-likeness (QED) is 0.217. The number of hydrogen-bond acceptors (Lipinski definition) is 4. The molecule has 0 radical (unpaired) electrons. The Hall–Kier alpha value is -1.78. The van der Waals surface area contributed by atoms with Gasteiger partial charge in [0.05, 0.1) is 5.69 Å². The van der Waals surface area contributed by atoms with Crippen LogP contribution in [0.1, 0.15) is 121 Å². The zero-order valence-electron chi connectivity index (χ0n) is 21.1. The minimum absolute atomic E-state index is 0.729. The molecule has 32 heavy (non-hydrogen) atoms. The van der Waals surface area contributed by atoms with Gasteiger partial charge in [0.15, 0.2) is 0 Å². The van der Waals surface area contributed by atoms with Gasteiger partial charge in [-0.15, -0.1) is 5.10 Å². The molecule has 5 heteroatoms. The first kappa shape index (κ1) is 26.5. The second-order valence-corrected chi connectivity index (χ2v) is 9.46. The van der Waals surface area contributed by atoms with E-state index < -0.39 is 0 Å². The van der Waals surface area contributed by atoms with Crippen molar-refractivity contribution in [1.82, 2.24) is 25.0 Å². The molecule has 0 amide bonds. The van der Waals surface area contributed by atoms with E-state index >= 15 is 0 Å². The monoisotopic (exact) mass is 441 g/mol. The van der Waals surface area contributed by atoms with E-state index in [0.717, 1.165) is 43.2 Å². The molecule has 2 aromatic heterocycles. The predicted octanol–water partition coefficient (Wildman–Crippen LogP) is 7.14. The summed E-state index contributed by atoms with van der Waals surface area (Å²) >= 11 is 0. The van der Waals surface area contributed by atoms with Gasteiger partial charge in [-0.2, -0.15) is 0 Å². The third-order valence-electron chi connectivity index (χ3n) is 6.40. The van der Waals surface area contributed by atoms with Crippen molar-refractivity contribution in [1.29, 1.82) is 0 Å². The van der Waals surface area contributed by atoms with Crippen LogP contribution in [0.5, 0.6) is 0 Å². The summed E-state index contributed by atoms with van der Waals surface area (Å²) in [6.45, 7) is 7.81. The van der Waals surface area contributed by atoms with Gasteiger partial charge in [-0.05, 0) is 43.6 Å². The van der Waals surface area contributed by atoms with Crippen LogP contribution in [-0.2, 0) is 25.8 Å². The molecule has 0 spiro atoms. The van der Waals surface area contributed by atoms with Gasteiger partial charge in [-0.3, -0.25) is 4.68 Å². The average Bonchev–Trinajstić information content (AvgIpc) is 3.26. The van der Waals surface area contributed by atoms with Gasteiger partial charge < -0.3 is 0 Å². The Morgan fingerprint density at radius 3 is 1.97 bits per heavy atom. The Morgan fingerprint density at radius 1 is 0.719 bits per heavy atom. The molecule has 2 rings (SSSR count). The molecule has 0 aliphatic heterocycles. The molecule has 0 saturated heterocycles. The van der Waals surface area contributed by atoms with E-state index in [4.69, 9.17) is 0 Å². The van der Waals surface area contributed by atoms with Gasteiger partial charge in [0.25, 0.3) is 0 Å². The Bertz CT molecular complexity index is 682. The molecular formula is C27H47N5. The Kier molecular flexibility index (Phi) is 13.9. The van der Waals surface area contributed by atoms with Gasteiger partial charge >= 0.3 is 0 Å². The van der Waals surface area contributed by atoms with Crippen molar-refractivity contribution >= 4 is 0 Å². The SMILES string of the molecule is CCCCCCC(CCCCCC)Cn1cc(CCc2cnc(CCCCC)nc2)nn1. The smallest absolute Gasteiger partial charge is 0.128 e. The summed E-state index contributed by atoms with van der Waals surface area (Å²) < 4.78 is 2.09. The van der Waals surface area contributed by atoms with Gasteiger partial charge in [-0.25, -0.2) is 9.97 Å². The van der Waals surface area contributed by atoms with E-state index in [-0.39, 0.29) is 0 Å². The zero-order valence-corrected chi connectivity index (χ0v) is 21.1. The summed E-state index contributed by atoms with van der Waals surface area (Å²) in [6, 6.07) is 0. The highest BCUT2D eigenvalue weighted by Gasteiger charge is 2.12. The van der Waals surface area contributed by atoms with Crippen LogP contribution in [0.2, 0.25) is 0 Å². The average molecular weight is 442 g/mol. The van der Waals surface area contributed by atoms with E-state index in [0.29, 0.717) is 0 Å². The topological polar surface area (TPSA) is 56.5 Å². The third-order valence-corrected chi connectivity index (χ3v) is 6.40. The number of aromatic nitrogens is 5. The molecule has 5 nitrogen and oxygen atoms in total. The third kappa shape index (κ3) is 11.2. The summed E-state index contributed by atoms with van der Waals surface area (Å²) in [6.07, 6.45) is 26.0. The van der Waals surface area contributed by atoms with Crippen LogP contribution in [0.15, 0.2) is 18.6 Å². The summed E-state index contributed by atoms with van der Waals surface area (Å²) in [7, 11) is 0. The number of unbranched alkanes of at least 4 members (excludes halogenated alkanes) is 8. The molecule has 0 aliphatic carbocycles. The van der Waals surface area contributed by atoms with Crippen molar-refractivity contribution in [3.05, 3.63) is 35.7 Å². The molecule has 0 aromatic carbocycles. The fourth-order valence-electron chi connectivity index (χ4n) is 4.30. The Balaban J connectivity index is 1.79. The van der Waals surface area contributed by atoms with Crippen molar-refractivity contribution in [2.45, 2.75) is 130 Å². The largest absolute Gasteiger partial charge is 0.252 e.